The lowest BCUT2D eigenvalue weighted by atomic mass is 9.62. The molecule has 0 aliphatic carbocycles. The third kappa shape index (κ3) is 4.24. The van der Waals surface area contributed by atoms with E-state index in [9.17, 15) is 20.0 Å². The van der Waals surface area contributed by atoms with Gasteiger partial charge in [0, 0.05) is 22.5 Å². The highest BCUT2D eigenvalue weighted by Crippen LogP contribution is 2.52. The lowest BCUT2D eigenvalue weighted by Crippen LogP contribution is -2.46. The highest BCUT2D eigenvalue weighted by molar-refractivity contribution is 6.31. The van der Waals surface area contributed by atoms with Gasteiger partial charge in [-0.15, -0.1) is 0 Å². The molecule has 0 amide bonds. The molecule has 0 spiro atoms. The predicted molar refractivity (Wildman–Crippen MR) is 122 cm³/mol. The molecule has 4 unspecified atom stereocenters. The number of rotatable bonds is 6. The second kappa shape index (κ2) is 9.49. The Morgan fingerprint density at radius 3 is 2.50 bits per heavy atom. The van der Waals surface area contributed by atoms with Gasteiger partial charge in [0.2, 0.25) is 0 Å². The minimum atomic E-state index is -1.95. The fourth-order valence-corrected chi connectivity index (χ4v) is 5.14. The molecule has 2 aromatic carbocycles. The minimum absolute atomic E-state index is 0.0620. The predicted octanol–water partition coefficient (Wildman–Crippen LogP) is 4.83. The van der Waals surface area contributed by atoms with Crippen LogP contribution < -0.4 is 5.32 Å². The van der Waals surface area contributed by atoms with Crippen molar-refractivity contribution in [2.75, 3.05) is 7.11 Å². The Balaban J connectivity index is 2.36. The third-order valence-electron chi connectivity index (χ3n) is 6.35. The van der Waals surface area contributed by atoms with Crippen LogP contribution in [-0.4, -0.2) is 36.2 Å². The SMILES string of the molecule is COC(=O)C(C)(C)CC1NC(C(=O)O)C(c2cccc(Cl)c2F)C1(C#N)c1ccc(Cl)cc1F. The van der Waals surface area contributed by atoms with Crippen LogP contribution in [0.25, 0.3) is 0 Å². The fourth-order valence-electron chi connectivity index (χ4n) is 4.80. The molecule has 1 aliphatic heterocycles. The van der Waals surface area contributed by atoms with E-state index >= 15 is 8.78 Å². The molecule has 1 fully saturated rings. The summed E-state index contributed by atoms with van der Waals surface area (Å²) in [7, 11) is 1.20. The highest BCUT2D eigenvalue weighted by Gasteiger charge is 2.62. The number of aliphatic carboxylic acids is 1. The van der Waals surface area contributed by atoms with E-state index in [2.05, 4.69) is 11.4 Å². The van der Waals surface area contributed by atoms with Gasteiger partial charge in [-0.2, -0.15) is 5.26 Å². The number of carbonyl (C=O) groups excluding carboxylic acids is 1. The number of methoxy groups -OCH3 is 1. The Kier molecular flexibility index (Phi) is 7.23. The summed E-state index contributed by atoms with van der Waals surface area (Å²) in [4.78, 5) is 24.7. The Bertz CT molecular complexity index is 1180. The monoisotopic (exact) mass is 510 g/mol. The average Bonchev–Trinajstić information content (AvgIpc) is 3.09. The normalized spacial score (nSPS) is 24.5. The van der Waals surface area contributed by atoms with Crippen molar-refractivity contribution in [1.29, 1.82) is 5.26 Å². The lowest BCUT2D eigenvalue weighted by molar-refractivity contribution is -0.151. The van der Waals surface area contributed by atoms with Crippen LogP contribution in [0.2, 0.25) is 10.0 Å². The Morgan fingerprint density at radius 1 is 1.26 bits per heavy atom. The van der Waals surface area contributed by atoms with Crippen LogP contribution in [0, 0.1) is 28.4 Å². The molecule has 180 valence electrons. The van der Waals surface area contributed by atoms with Crippen LogP contribution in [-0.2, 0) is 19.7 Å². The Morgan fingerprint density at radius 2 is 1.94 bits per heavy atom. The summed E-state index contributed by atoms with van der Waals surface area (Å²) in [6, 6.07) is 7.17. The molecule has 2 aromatic rings. The van der Waals surface area contributed by atoms with E-state index in [1.807, 2.05) is 0 Å². The fraction of sp³-hybridized carbons (Fsp3) is 0.375. The number of hydrogen-bond donors (Lipinski definition) is 2. The molecule has 0 saturated carbocycles. The van der Waals surface area contributed by atoms with Gasteiger partial charge < -0.3 is 9.84 Å². The van der Waals surface area contributed by atoms with Crippen LogP contribution in [0.1, 0.15) is 37.3 Å². The zero-order chi connectivity index (χ0) is 25.4. The maximum Gasteiger partial charge on any atom is 0.321 e. The molecule has 1 aliphatic rings. The van der Waals surface area contributed by atoms with Crippen molar-refractivity contribution in [3.63, 3.8) is 0 Å². The molecule has 2 N–H and O–H groups in total. The quantitative estimate of drug-likeness (QED) is 0.539. The molecule has 4 atom stereocenters. The van der Waals surface area contributed by atoms with Crippen molar-refractivity contribution in [2.45, 2.75) is 43.7 Å². The van der Waals surface area contributed by atoms with E-state index in [1.54, 1.807) is 13.8 Å². The molecular formula is C24H22Cl2F2N2O4. The smallest absolute Gasteiger partial charge is 0.321 e. The first kappa shape index (κ1) is 25.9. The summed E-state index contributed by atoms with van der Waals surface area (Å²) < 4.78 is 35.4. The first-order chi connectivity index (χ1) is 15.9. The number of ether oxygens (including phenoxy) is 1. The molecule has 1 saturated heterocycles. The van der Waals surface area contributed by atoms with E-state index < -0.39 is 52.4 Å². The summed E-state index contributed by atoms with van der Waals surface area (Å²) in [5.74, 6) is -5.17. The number of carboxylic acids is 1. The highest BCUT2D eigenvalue weighted by atomic mass is 35.5. The first-order valence-corrected chi connectivity index (χ1v) is 11.0. The van der Waals surface area contributed by atoms with Crippen LogP contribution >= 0.6 is 23.2 Å². The number of nitrogens with one attached hydrogen (secondary N) is 1. The number of hydrogen-bond acceptors (Lipinski definition) is 5. The van der Waals surface area contributed by atoms with Gasteiger partial charge in [0.25, 0.3) is 0 Å². The summed E-state index contributed by atoms with van der Waals surface area (Å²) in [6.45, 7) is 3.12. The van der Waals surface area contributed by atoms with Crippen molar-refractivity contribution in [2.24, 2.45) is 5.41 Å². The second-order valence-corrected chi connectivity index (χ2v) is 9.68. The summed E-state index contributed by atoms with van der Waals surface area (Å²) >= 11 is 11.9. The van der Waals surface area contributed by atoms with Gasteiger partial charge in [0.05, 0.1) is 23.6 Å². The minimum Gasteiger partial charge on any atom is -0.480 e. The summed E-state index contributed by atoms with van der Waals surface area (Å²) in [5, 5.41) is 23.2. The molecule has 0 aromatic heterocycles. The molecule has 0 bridgehead atoms. The number of nitrogens with zero attached hydrogens (tertiary/aromatic N) is 1. The van der Waals surface area contributed by atoms with Gasteiger partial charge in [-0.1, -0.05) is 41.4 Å². The maximum atomic E-state index is 15.3. The Hall–Kier alpha value is -2.73. The molecule has 1 heterocycles. The van der Waals surface area contributed by atoms with Crippen molar-refractivity contribution in [3.8, 4) is 6.07 Å². The standard InChI is InChI=1S/C24H22Cl2F2N2O4/c1-23(2,22(33)34-3)10-17-24(11-29,14-8-7-12(25)9-16(14)27)18(20(30-17)21(31)32)13-5-4-6-15(26)19(13)28/h4-9,17-18,20,30H,10H2,1-3H3,(H,31,32). The molecule has 3 rings (SSSR count). The second-order valence-electron chi connectivity index (χ2n) is 8.84. The zero-order valence-corrected chi connectivity index (χ0v) is 20.0. The van der Waals surface area contributed by atoms with Crippen molar-refractivity contribution in [1.82, 2.24) is 5.32 Å². The van der Waals surface area contributed by atoms with Gasteiger partial charge in [-0.05, 0) is 44.0 Å². The van der Waals surface area contributed by atoms with Crippen molar-refractivity contribution in [3.05, 3.63) is 69.2 Å². The molecule has 10 heteroatoms. The number of esters is 1. The third-order valence-corrected chi connectivity index (χ3v) is 6.88. The number of benzene rings is 2. The molecule has 34 heavy (non-hydrogen) atoms. The number of nitriles is 1. The number of halogens is 4. The zero-order valence-electron chi connectivity index (χ0n) is 18.5. The lowest BCUT2D eigenvalue weighted by Gasteiger charge is -2.37. The van der Waals surface area contributed by atoms with Gasteiger partial charge in [-0.25, -0.2) is 8.78 Å². The van der Waals surface area contributed by atoms with E-state index in [0.29, 0.717) is 0 Å². The van der Waals surface area contributed by atoms with Crippen LogP contribution in [0.5, 0.6) is 0 Å². The van der Waals surface area contributed by atoms with Crippen LogP contribution in [0.4, 0.5) is 8.78 Å². The number of carboxylic acid groups (broad SMARTS) is 1. The average molecular weight is 511 g/mol. The van der Waals surface area contributed by atoms with Crippen LogP contribution in [0.15, 0.2) is 36.4 Å². The molecular weight excluding hydrogens is 489 g/mol. The summed E-state index contributed by atoms with van der Waals surface area (Å²) in [6.07, 6.45) is -0.113. The van der Waals surface area contributed by atoms with Gasteiger partial charge in [0.15, 0.2) is 0 Å². The van der Waals surface area contributed by atoms with Crippen LogP contribution in [0.3, 0.4) is 0 Å². The van der Waals surface area contributed by atoms with E-state index in [4.69, 9.17) is 27.9 Å². The van der Waals surface area contributed by atoms with Crippen molar-refractivity contribution >= 4 is 35.1 Å². The van der Waals surface area contributed by atoms with Crippen molar-refractivity contribution < 1.29 is 28.2 Å². The molecule has 6 nitrogen and oxygen atoms in total. The first-order valence-electron chi connectivity index (χ1n) is 10.3. The van der Waals surface area contributed by atoms with Gasteiger partial charge >= 0.3 is 11.9 Å². The van der Waals surface area contributed by atoms with E-state index in [0.717, 1.165) is 6.07 Å². The summed E-state index contributed by atoms with van der Waals surface area (Å²) in [5.41, 5.74) is -3.48. The van der Waals surface area contributed by atoms with E-state index in [1.165, 1.54) is 37.4 Å². The Labute approximate surface area is 205 Å². The topological polar surface area (TPSA) is 99.4 Å². The molecule has 0 radical (unpaired) electrons. The van der Waals surface area contributed by atoms with Gasteiger partial charge in [0.1, 0.15) is 23.1 Å². The maximum absolute atomic E-state index is 15.3. The van der Waals surface area contributed by atoms with E-state index in [-0.39, 0.29) is 27.6 Å². The van der Waals surface area contributed by atoms with Gasteiger partial charge in [-0.3, -0.25) is 14.9 Å². The largest absolute Gasteiger partial charge is 0.480 e. The number of carbonyl (C=O) groups is 2.